The lowest BCUT2D eigenvalue weighted by Crippen LogP contribution is -2.25. The summed E-state index contributed by atoms with van der Waals surface area (Å²) in [6, 6.07) is 15.5. The zero-order chi connectivity index (χ0) is 16.1. The summed E-state index contributed by atoms with van der Waals surface area (Å²) in [7, 11) is 3.30. The molecule has 3 rings (SSSR count). The van der Waals surface area contributed by atoms with Gasteiger partial charge in [0.05, 0.1) is 19.9 Å². The second-order valence-electron chi connectivity index (χ2n) is 4.75. The number of aliphatic imine (C=N–C) groups is 1. The molecule has 2 aromatic carbocycles. The summed E-state index contributed by atoms with van der Waals surface area (Å²) in [5, 5.41) is 5.18. The molecule has 6 heteroatoms. The summed E-state index contributed by atoms with van der Waals surface area (Å²) in [5.74, 6) is 2.28. The van der Waals surface area contributed by atoms with Crippen LogP contribution in [0.3, 0.4) is 0 Å². The molecule has 0 saturated heterocycles. The van der Waals surface area contributed by atoms with E-state index in [4.69, 9.17) is 9.47 Å². The molecular formula is C17H17N3O2S. The highest BCUT2D eigenvalue weighted by Gasteiger charge is 2.16. The van der Waals surface area contributed by atoms with E-state index in [0.29, 0.717) is 0 Å². The first-order valence-electron chi connectivity index (χ1n) is 7.12. The van der Waals surface area contributed by atoms with Gasteiger partial charge >= 0.3 is 0 Å². The van der Waals surface area contributed by atoms with Crippen LogP contribution in [0.15, 0.2) is 58.6 Å². The minimum absolute atomic E-state index is 0.724. The van der Waals surface area contributed by atoms with Crippen molar-refractivity contribution < 1.29 is 9.47 Å². The van der Waals surface area contributed by atoms with Gasteiger partial charge in [0.1, 0.15) is 17.2 Å². The molecule has 1 aliphatic heterocycles. The van der Waals surface area contributed by atoms with E-state index in [1.165, 1.54) is 0 Å². The van der Waals surface area contributed by atoms with Crippen molar-refractivity contribution in [3.8, 4) is 11.5 Å². The summed E-state index contributed by atoms with van der Waals surface area (Å²) in [4.78, 5) is 4.56. The average molecular weight is 327 g/mol. The summed E-state index contributed by atoms with van der Waals surface area (Å²) >= 11 is 1.60. The SMILES string of the molecule is COc1ccccc1N=C1NN=C(c2ccccc2OC)CS1. The molecule has 0 radical (unpaired) electrons. The van der Waals surface area contributed by atoms with E-state index < -0.39 is 0 Å². The third kappa shape index (κ3) is 3.48. The monoisotopic (exact) mass is 327 g/mol. The minimum Gasteiger partial charge on any atom is -0.496 e. The number of rotatable bonds is 4. The fourth-order valence-electron chi connectivity index (χ4n) is 2.23. The minimum atomic E-state index is 0.724. The van der Waals surface area contributed by atoms with E-state index in [9.17, 15) is 0 Å². The van der Waals surface area contributed by atoms with Crippen LogP contribution >= 0.6 is 11.8 Å². The summed E-state index contributed by atoms with van der Waals surface area (Å²) < 4.78 is 10.7. The van der Waals surface area contributed by atoms with E-state index in [1.54, 1.807) is 26.0 Å². The third-order valence-electron chi connectivity index (χ3n) is 3.36. The summed E-state index contributed by atoms with van der Waals surface area (Å²) in [6.45, 7) is 0. The van der Waals surface area contributed by atoms with Crippen molar-refractivity contribution in [2.45, 2.75) is 0 Å². The molecule has 0 atom stereocenters. The molecule has 0 bridgehead atoms. The Morgan fingerprint density at radius 3 is 2.39 bits per heavy atom. The van der Waals surface area contributed by atoms with E-state index in [0.717, 1.165) is 39.4 Å². The second-order valence-corrected chi connectivity index (χ2v) is 5.71. The molecule has 0 amide bonds. The number of ether oxygens (including phenoxy) is 2. The Hall–Kier alpha value is -2.47. The number of nitrogens with zero attached hydrogens (tertiary/aromatic N) is 2. The fraction of sp³-hybridized carbons (Fsp3) is 0.176. The van der Waals surface area contributed by atoms with Gasteiger partial charge in [-0.15, -0.1) is 0 Å². The molecule has 1 aliphatic rings. The molecule has 0 unspecified atom stereocenters. The number of para-hydroxylation sites is 3. The first kappa shape index (κ1) is 15.4. The van der Waals surface area contributed by atoms with Crippen LogP contribution < -0.4 is 14.9 Å². The summed E-state index contributed by atoms with van der Waals surface area (Å²) in [5.41, 5.74) is 5.72. The molecule has 5 nitrogen and oxygen atoms in total. The third-order valence-corrected chi connectivity index (χ3v) is 4.23. The molecule has 0 aromatic heterocycles. The van der Waals surface area contributed by atoms with Crippen molar-refractivity contribution in [2.24, 2.45) is 10.1 Å². The van der Waals surface area contributed by atoms with Gasteiger partial charge in [0, 0.05) is 11.3 Å². The molecule has 1 N–H and O–H groups in total. The van der Waals surface area contributed by atoms with Gasteiger partial charge in [-0.2, -0.15) is 5.10 Å². The molecule has 118 valence electrons. The predicted octanol–water partition coefficient (Wildman–Crippen LogP) is 3.43. The van der Waals surface area contributed by atoms with Crippen molar-refractivity contribution >= 4 is 28.3 Å². The first-order chi connectivity index (χ1) is 11.3. The molecule has 0 aliphatic carbocycles. The van der Waals surface area contributed by atoms with Gasteiger partial charge < -0.3 is 9.47 Å². The topological polar surface area (TPSA) is 55.2 Å². The Labute approximate surface area is 139 Å². The van der Waals surface area contributed by atoms with Crippen molar-refractivity contribution in [2.75, 3.05) is 20.0 Å². The Kier molecular flexibility index (Phi) is 4.83. The van der Waals surface area contributed by atoms with E-state index >= 15 is 0 Å². The molecule has 0 saturated carbocycles. The fourth-order valence-corrected chi connectivity index (χ4v) is 2.99. The Balaban J connectivity index is 1.82. The van der Waals surface area contributed by atoms with Gasteiger partial charge in [-0.25, -0.2) is 4.99 Å². The average Bonchev–Trinajstić information content (AvgIpc) is 2.63. The van der Waals surface area contributed by atoms with Crippen LogP contribution in [0.5, 0.6) is 11.5 Å². The van der Waals surface area contributed by atoms with Gasteiger partial charge in [-0.05, 0) is 24.3 Å². The van der Waals surface area contributed by atoms with Gasteiger partial charge in [-0.1, -0.05) is 36.0 Å². The smallest absolute Gasteiger partial charge is 0.182 e. The molecule has 0 spiro atoms. The lowest BCUT2D eigenvalue weighted by atomic mass is 10.1. The Morgan fingerprint density at radius 2 is 1.70 bits per heavy atom. The molecule has 1 heterocycles. The largest absolute Gasteiger partial charge is 0.496 e. The number of hydrogen-bond acceptors (Lipinski definition) is 5. The zero-order valence-electron chi connectivity index (χ0n) is 12.9. The van der Waals surface area contributed by atoms with E-state index in [-0.39, 0.29) is 0 Å². The van der Waals surface area contributed by atoms with E-state index in [2.05, 4.69) is 15.5 Å². The van der Waals surface area contributed by atoms with Crippen molar-refractivity contribution in [1.29, 1.82) is 0 Å². The highest BCUT2D eigenvalue weighted by atomic mass is 32.2. The van der Waals surface area contributed by atoms with Crippen molar-refractivity contribution in [1.82, 2.24) is 5.43 Å². The van der Waals surface area contributed by atoms with Crippen LogP contribution in [0, 0.1) is 0 Å². The highest BCUT2D eigenvalue weighted by molar-refractivity contribution is 8.14. The number of thioether (sulfide) groups is 1. The van der Waals surface area contributed by atoms with Crippen LogP contribution in [0.25, 0.3) is 0 Å². The molecule has 23 heavy (non-hydrogen) atoms. The van der Waals surface area contributed by atoms with Crippen molar-refractivity contribution in [3.05, 3.63) is 54.1 Å². The predicted molar refractivity (Wildman–Crippen MR) is 95.2 cm³/mol. The van der Waals surface area contributed by atoms with Crippen LogP contribution in [0.1, 0.15) is 5.56 Å². The highest BCUT2D eigenvalue weighted by Crippen LogP contribution is 2.28. The quantitative estimate of drug-likeness (QED) is 0.935. The number of hydrazone groups is 1. The number of methoxy groups -OCH3 is 2. The van der Waals surface area contributed by atoms with Crippen LogP contribution in [0.2, 0.25) is 0 Å². The maximum absolute atomic E-state index is 5.39. The summed E-state index contributed by atoms with van der Waals surface area (Å²) in [6.07, 6.45) is 0. The van der Waals surface area contributed by atoms with Crippen LogP contribution in [-0.4, -0.2) is 30.9 Å². The lowest BCUT2D eigenvalue weighted by molar-refractivity contribution is 0.414. The molecule has 2 aromatic rings. The van der Waals surface area contributed by atoms with Gasteiger partial charge in [0.15, 0.2) is 5.17 Å². The Morgan fingerprint density at radius 1 is 1.00 bits per heavy atom. The zero-order valence-corrected chi connectivity index (χ0v) is 13.8. The van der Waals surface area contributed by atoms with Gasteiger partial charge in [0.2, 0.25) is 0 Å². The number of hydrogen-bond donors (Lipinski definition) is 1. The maximum atomic E-state index is 5.39. The Bertz CT molecular complexity index is 759. The van der Waals surface area contributed by atoms with Gasteiger partial charge in [0.25, 0.3) is 0 Å². The number of nitrogens with one attached hydrogen (secondary N) is 1. The van der Waals surface area contributed by atoms with Crippen molar-refractivity contribution in [3.63, 3.8) is 0 Å². The van der Waals surface area contributed by atoms with E-state index in [1.807, 2.05) is 48.5 Å². The number of amidine groups is 1. The lowest BCUT2D eigenvalue weighted by Gasteiger charge is -2.16. The molecular weight excluding hydrogens is 310 g/mol. The first-order valence-corrected chi connectivity index (χ1v) is 8.11. The standard InChI is InChI=1S/C17H17N3O2S/c1-21-15-9-5-3-7-12(15)14-11-23-17(20-19-14)18-13-8-4-6-10-16(13)22-2/h3-10H,11H2,1-2H3,(H,18,20). The van der Waals surface area contributed by atoms with Crippen LogP contribution in [-0.2, 0) is 0 Å². The number of benzene rings is 2. The molecule has 0 fully saturated rings. The maximum Gasteiger partial charge on any atom is 0.182 e. The normalized spacial score (nSPS) is 15.7. The second kappa shape index (κ2) is 7.19. The van der Waals surface area contributed by atoms with Crippen LogP contribution in [0.4, 0.5) is 5.69 Å². The van der Waals surface area contributed by atoms with Gasteiger partial charge in [-0.3, -0.25) is 5.43 Å².